The molecule has 0 aromatic carbocycles. The summed E-state index contributed by atoms with van der Waals surface area (Å²) < 4.78 is 12.4. The number of esters is 1. The van der Waals surface area contributed by atoms with Gasteiger partial charge in [-0.15, -0.1) is 0 Å². The molecule has 2 rings (SSSR count). The number of fused-ring (bicyclic) bond motifs is 1. The summed E-state index contributed by atoms with van der Waals surface area (Å²) in [6, 6.07) is 0. The van der Waals surface area contributed by atoms with Crippen LogP contribution in [-0.2, 0) is 16.3 Å². The van der Waals surface area contributed by atoms with E-state index in [2.05, 4.69) is 34.0 Å². The molecule has 0 amide bonds. The Labute approximate surface area is 220 Å². The second kappa shape index (κ2) is 18.6. The lowest BCUT2D eigenvalue weighted by Crippen LogP contribution is -2.23. The predicted molar refractivity (Wildman–Crippen MR) is 144 cm³/mol. The first-order valence-electron chi connectivity index (χ1n) is 13.8. The van der Waals surface area contributed by atoms with Crippen molar-refractivity contribution in [1.29, 1.82) is 0 Å². The summed E-state index contributed by atoms with van der Waals surface area (Å²) in [6.07, 6.45) is 21.2. The summed E-state index contributed by atoms with van der Waals surface area (Å²) >= 11 is 0. The van der Waals surface area contributed by atoms with Crippen molar-refractivity contribution in [3.63, 3.8) is 0 Å². The van der Waals surface area contributed by atoms with Crippen LogP contribution in [0.3, 0.4) is 0 Å². The minimum Gasteiger partial charge on any atom is -0.405 e. The number of aliphatic hydroxyl groups excluding tert-OH is 2. The van der Waals surface area contributed by atoms with Gasteiger partial charge in [-0.25, -0.2) is 4.98 Å². The highest BCUT2D eigenvalue weighted by molar-refractivity contribution is 5.82. The Hall–Kier alpha value is -2.56. The standard InChI is InChI=1S/C27H45N5O5/c1-2-3-4-5-6-7-8-9-10-11-12-13-14-15-16-17-23(35)37-26-24-25(30-27(28)31-26)32(20-29-24)21-36-22(18-33)19-34/h9-10,20,22,33-34H,2-8,11-19,21H2,1H3,(H2,28,30,31)/b10-9+. The van der Waals surface area contributed by atoms with Gasteiger partial charge in [-0.1, -0.05) is 70.4 Å². The van der Waals surface area contributed by atoms with Crippen LogP contribution < -0.4 is 10.5 Å². The minimum atomic E-state index is -0.722. The van der Waals surface area contributed by atoms with Crippen molar-refractivity contribution >= 4 is 23.1 Å². The number of nitrogen functional groups attached to an aromatic ring is 1. The molecule has 37 heavy (non-hydrogen) atoms. The van der Waals surface area contributed by atoms with Gasteiger partial charge in [0.2, 0.25) is 5.95 Å². The van der Waals surface area contributed by atoms with Crippen molar-refractivity contribution in [3.05, 3.63) is 18.5 Å². The zero-order chi connectivity index (χ0) is 26.7. The molecule has 0 aliphatic heterocycles. The van der Waals surface area contributed by atoms with Crippen LogP contribution in [0.1, 0.15) is 96.8 Å². The summed E-state index contributed by atoms with van der Waals surface area (Å²) in [6.45, 7) is 1.60. The van der Waals surface area contributed by atoms with Gasteiger partial charge < -0.3 is 25.4 Å². The summed E-state index contributed by atoms with van der Waals surface area (Å²) in [5.74, 6) is -0.428. The second-order valence-electron chi connectivity index (χ2n) is 9.36. The van der Waals surface area contributed by atoms with Crippen LogP contribution in [0.4, 0.5) is 5.95 Å². The van der Waals surface area contributed by atoms with Gasteiger partial charge in [0.15, 0.2) is 11.2 Å². The van der Waals surface area contributed by atoms with Crippen molar-refractivity contribution in [1.82, 2.24) is 19.5 Å². The Morgan fingerprint density at radius 2 is 1.59 bits per heavy atom. The van der Waals surface area contributed by atoms with E-state index in [1.807, 2.05) is 0 Å². The lowest BCUT2D eigenvalue weighted by Gasteiger charge is -2.13. The quantitative estimate of drug-likeness (QED) is 0.122. The molecule has 0 unspecified atom stereocenters. The fraction of sp³-hybridized carbons (Fsp3) is 0.704. The van der Waals surface area contributed by atoms with E-state index in [9.17, 15) is 4.79 Å². The SMILES string of the molecule is CCCCCCCC/C=C/CCCCCCCC(=O)Oc1nc(N)nc2c1ncn2COC(CO)CO. The van der Waals surface area contributed by atoms with Crippen molar-refractivity contribution in [2.24, 2.45) is 0 Å². The minimum absolute atomic E-state index is 0.0129. The van der Waals surface area contributed by atoms with Crippen LogP contribution in [0.2, 0.25) is 0 Å². The van der Waals surface area contributed by atoms with E-state index < -0.39 is 6.10 Å². The molecule has 10 nitrogen and oxygen atoms in total. The molecule has 2 aromatic rings. The molecule has 0 aliphatic rings. The van der Waals surface area contributed by atoms with Gasteiger partial charge in [0.1, 0.15) is 12.8 Å². The summed E-state index contributed by atoms with van der Waals surface area (Å²) in [4.78, 5) is 24.7. The number of carbonyl (C=O) groups is 1. The predicted octanol–water partition coefficient (Wildman–Crippen LogP) is 4.68. The molecule has 0 saturated heterocycles. The van der Waals surface area contributed by atoms with Gasteiger partial charge in [-0.2, -0.15) is 9.97 Å². The van der Waals surface area contributed by atoms with Gasteiger partial charge in [0, 0.05) is 6.42 Å². The first kappa shape index (κ1) is 30.7. The summed E-state index contributed by atoms with van der Waals surface area (Å²) in [7, 11) is 0. The fourth-order valence-electron chi connectivity index (χ4n) is 3.95. The van der Waals surface area contributed by atoms with Crippen LogP contribution in [-0.4, -0.2) is 55.0 Å². The topological polar surface area (TPSA) is 146 Å². The Bertz CT molecular complexity index is 929. The molecule has 0 spiro atoms. The first-order valence-corrected chi connectivity index (χ1v) is 13.8. The van der Waals surface area contributed by atoms with E-state index in [4.69, 9.17) is 25.4 Å². The third kappa shape index (κ3) is 12.0. The van der Waals surface area contributed by atoms with Gasteiger partial charge in [-0.05, 0) is 32.1 Å². The average Bonchev–Trinajstić information content (AvgIpc) is 3.29. The average molecular weight is 520 g/mol. The van der Waals surface area contributed by atoms with E-state index >= 15 is 0 Å². The highest BCUT2D eigenvalue weighted by Crippen LogP contribution is 2.23. The third-order valence-corrected chi connectivity index (χ3v) is 6.16. The lowest BCUT2D eigenvalue weighted by molar-refractivity contribution is -0.134. The number of allylic oxidation sites excluding steroid dienone is 2. The maximum Gasteiger partial charge on any atom is 0.312 e. The number of rotatable bonds is 21. The maximum atomic E-state index is 12.4. The van der Waals surface area contributed by atoms with Crippen molar-refractivity contribution < 1.29 is 24.5 Å². The molecule has 2 heterocycles. The van der Waals surface area contributed by atoms with Gasteiger partial charge in [0.25, 0.3) is 5.88 Å². The molecule has 0 saturated carbocycles. The number of carbonyl (C=O) groups excluding carboxylic acids is 1. The van der Waals surface area contributed by atoms with E-state index in [1.165, 1.54) is 62.3 Å². The number of hydrogen-bond donors (Lipinski definition) is 3. The van der Waals surface area contributed by atoms with E-state index in [0.29, 0.717) is 17.6 Å². The normalized spacial score (nSPS) is 11.8. The number of nitrogens with two attached hydrogens (primary N) is 1. The Morgan fingerprint density at radius 1 is 0.973 bits per heavy atom. The van der Waals surface area contributed by atoms with E-state index in [-0.39, 0.29) is 37.7 Å². The molecule has 0 bridgehead atoms. The monoisotopic (exact) mass is 519 g/mol. The first-order chi connectivity index (χ1) is 18.1. The zero-order valence-corrected chi connectivity index (χ0v) is 22.3. The van der Waals surface area contributed by atoms with Crippen LogP contribution >= 0.6 is 0 Å². The third-order valence-electron chi connectivity index (χ3n) is 6.16. The Balaban J connectivity index is 1.62. The number of nitrogens with zero attached hydrogens (tertiary/aromatic N) is 4. The molecule has 0 atom stereocenters. The zero-order valence-electron chi connectivity index (χ0n) is 22.3. The van der Waals surface area contributed by atoms with Gasteiger partial charge in [-0.3, -0.25) is 9.36 Å². The largest absolute Gasteiger partial charge is 0.405 e. The fourth-order valence-corrected chi connectivity index (χ4v) is 3.95. The molecule has 4 N–H and O–H groups in total. The molecular weight excluding hydrogens is 474 g/mol. The Morgan fingerprint density at radius 3 is 2.24 bits per heavy atom. The number of ether oxygens (including phenoxy) is 2. The van der Waals surface area contributed by atoms with Gasteiger partial charge >= 0.3 is 5.97 Å². The molecule has 0 radical (unpaired) electrons. The molecule has 0 fully saturated rings. The molecular formula is C27H45N5O5. The highest BCUT2D eigenvalue weighted by atomic mass is 16.5. The highest BCUT2D eigenvalue weighted by Gasteiger charge is 2.17. The summed E-state index contributed by atoms with van der Waals surface area (Å²) in [5.41, 5.74) is 6.42. The molecule has 10 heteroatoms. The van der Waals surface area contributed by atoms with Crippen LogP contribution in [0.15, 0.2) is 18.5 Å². The molecule has 0 aliphatic carbocycles. The van der Waals surface area contributed by atoms with Crippen molar-refractivity contribution in [2.75, 3.05) is 18.9 Å². The Kier molecular flexibility index (Phi) is 15.5. The molecule has 208 valence electrons. The van der Waals surface area contributed by atoms with Crippen LogP contribution in [0.25, 0.3) is 11.2 Å². The summed E-state index contributed by atoms with van der Waals surface area (Å²) in [5, 5.41) is 18.3. The smallest absolute Gasteiger partial charge is 0.312 e. The van der Waals surface area contributed by atoms with Crippen molar-refractivity contribution in [3.8, 4) is 5.88 Å². The second-order valence-corrected chi connectivity index (χ2v) is 9.36. The number of aromatic nitrogens is 4. The lowest BCUT2D eigenvalue weighted by atomic mass is 10.1. The van der Waals surface area contributed by atoms with E-state index in [0.717, 1.165) is 32.1 Å². The molecule has 2 aromatic heterocycles. The number of imidazole rings is 1. The van der Waals surface area contributed by atoms with Crippen molar-refractivity contribution in [2.45, 2.75) is 110 Å². The van der Waals surface area contributed by atoms with Gasteiger partial charge in [0.05, 0.1) is 19.5 Å². The number of aliphatic hydroxyl groups is 2. The van der Waals surface area contributed by atoms with E-state index in [1.54, 1.807) is 0 Å². The van der Waals surface area contributed by atoms with Crippen LogP contribution in [0, 0.1) is 0 Å². The number of hydrogen-bond acceptors (Lipinski definition) is 9. The maximum absolute atomic E-state index is 12.4. The number of unbranched alkanes of at least 4 members (excludes halogenated alkanes) is 11. The number of anilines is 1. The van der Waals surface area contributed by atoms with Crippen LogP contribution in [0.5, 0.6) is 5.88 Å².